The zero-order chi connectivity index (χ0) is 4.12. The van der Waals surface area contributed by atoms with Crippen LogP contribution in [0.3, 0.4) is 0 Å². The first-order valence-electron chi connectivity index (χ1n) is 2.12. The van der Waals surface area contributed by atoms with E-state index >= 15 is 0 Å². The van der Waals surface area contributed by atoms with Crippen LogP contribution in [0.2, 0.25) is 0 Å². The van der Waals surface area contributed by atoms with Crippen LogP contribution < -0.4 is 5.32 Å². The molecule has 0 bridgehead atoms. The first-order chi connectivity index (χ1) is 2.41. The predicted molar refractivity (Wildman–Crippen MR) is 24.2 cm³/mol. The maximum Gasteiger partial charge on any atom is 0 e. The largest absolute Gasteiger partial charge is 0.317 e. The van der Waals surface area contributed by atoms with Crippen molar-refractivity contribution in [1.82, 2.24) is 5.32 Å². The summed E-state index contributed by atoms with van der Waals surface area (Å²) in [6.07, 6.45) is 0. The van der Waals surface area contributed by atoms with E-state index < -0.39 is 0 Å². The number of hydrogen-bond donors (Lipinski definition) is 1. The summed E-state index contributed by atoms with van der Waals surface area (Å²) in [5.74, 6) is 0. The molecule has 0 radical (unpaired) electrons. The van der Waals surface area contributed by atoms with Crippen LogP contribution in [0.15, 0.2) is 0 Å². The second kappa shape index (κ2) is 9.09. The SMILES string of the molecule is CCNCC.[Cr]. The molecular weight excluding hydrogens is 114 g/mol. The molecule has 1 nitrogen and oxygen atoms in total. The minimum atomic E-state index is 0. The zero-order valence-corrected chi connectivity index (χ0v) is 5.60. The zero-order valence-electron chi connectivity index (χ0n) is 4.32. The van der Waals surface area contributed by atoms with E-state index in [4.69, 9.17) is 0 Å². The fourth-order valence-electron chi connectivity index (χ4n) is 0.250. The van der Waals surface area contributed by atoms with Crippen LogP contribution in [-0.4, -0.2) is 13.1 Å². The van der Waals surface area contributed by atoms with Gasteiger partial charge in [-0.2, -0.15) is 0 Å². The van der Waals surface area contributed by atoms with Gasteiger partial charge in [0.15, 0.2) is 0 Å². The van der Waals surface area contributed by atoms with Crippen LogP contribution in [0.4, 0.5) is 0 Å². The van der Waals surface area contributed by atoms with Gasteiger partial charge in [-0.25, -0.2) is 0 Å². The smallest absolute Gasteiger partial charge is 0 e. The molecule has 0 spiro atoms. The molecule has 0 aromatic carbocycles. The maximum atomic E-state index is 3.11. The van der Waals surface area contributed by atoms with Gasteiger partial charge in [-0.3, -0.25) is 0 Å². The topological polar surface area (TPSA) is 12.0 Å². The summed E-state index contributed by atoms with van der Waals surface area (Å²) in [6.45, 7) is 6.39. The van der Waals surface area contributed by atoms with Crippen LogP contribution in [0.1, 0.15) is 13.8 Å². The molecule has 0 aliphatic carbocycles. The van der Waals surface area contributed by atoms with E-state index in [9.17, 15) is 0 Å². The second-order valence-electron chi connectivity index (χ2n) is 0.957. The molecular formula is C4H11CrN. The summed E-state index contributed by atoms with van der Waals surface area (Å²) < 4.78 is 0. The van der Waals surface area contributed by atoms with Crippen molar-refractivity contribution in [3.8, 4) is 0 Å². The van der Waals surface area contributed by atoms with Gasteiger partial charge in [0.1, 0.15) is 0 Å². The predicted octanol–water partition coefficient (Wildman–Crippen LogP) is 0.613. The molecule has 1 N–H and O–H groups in total. The van der Waals surface area contributed by atoms with E-state index in [0.29, 0.717) is 0 Å². The molecule has 0 unspecified atom stereocenters. The van der Waals surface area contributed by atoms with Gasteiger partial charge < -0.3 is 5.32 Å². The molecule has 2 heteroatoms. The summed E-state index contributed by atoms with van der Waals surface area (Å²) >= 11 is 0. The molecule has 0 saturated carbocycles. The Morgan fingerprint density at radius 2 is 1.50 bits per heavy atom. The maximum absolute atomic E-state index is 3.11. The summed E-state index contributed by atoms with van der Waals surface area (Å²) in [5.41, 5.74) is 0. The Balaban J connectivity index is 0. The van der Waals surface area contributed by atoms with Crippen LogP contribution >= 0.6 is 0 Å². The molecule has 38 valence electrons. The summed E-state index contributed by atoms with van der Waals surface area (Å²) in [7, 11) is 0. The number of rotatable bonds is 2. The molecule has 0 rings (SSSR count). The minimum Gasteiger partial charge on any atom is -0.317 e. The first kappa shape index (κ1) is 9.70. The van der Waals surface area contributed by atoms with Crippen LogP contribution in [0.25, 0.3) is 0 Å². The summed E-state index contributed by atoms with van der Waals surface area (Å²) in [5, 5.41) is 3.11. The van der Waals surface area contributed by atoms with E-state index in [1.165, 1.54) is 0 Å². The van der Waals surface area contributed by atoms with E-state index in [0.717, 1.165) is 13.1 Å². The summed E-state index contributed by atoms with van der Waals surface area (Å²) in [6, 6.07) is 0. The van der Waals surface area contributed by atoms with Gasteiger partial charge in [-0.15, -0.1) is 0 Å². The van der Waals surface area contributed by atoms with Gasteiger partial charge in [-0.1, -0.05) is 13.8 Å². The third-order valence-corrected chi connectivity index (χ3v) is 0.500. The average molecular weight is 125 g/mol. The van der Waals surface area contributed by atoms with Crippen molar-refractivity contribution in [2.75, 3.05) is 13.1 Å². The minimum absolute atomic E-state index is 0. The van der Waals surface area contributed by atoms with Crippen molar-refractivity contribution in [3.05, 3.63) is 0 Å². The molecule has 0 saturated heterocycles. The van der Waals surface area contributed by atoms with Gasteiger partial charge in [0.2, 0.25) is 0 Å². The third kappa shape index (κ3) is 8.82. The van der Waals surface area contributed by atoms with Crippen LogP contribution in [0.5, 0.6) is 0 Å². The van der Waals surface area contributed by atoms with Gasteiger partial charge >= 0.3 is 0 Å². The molecule has 0 amide bonds. The third-order valence-electron chi connectivity index (χ3n) is 0.500. The van der Waals surface area contributed by atoms with Crippen molar-refractivity contribution in [2.24, 2.45) is 0 Å². The molecule has 0 heterocycles. The quantitative estimate of drug-likeness (QED) is 0.570. The Kier molecular flexibility index (Phi) is 14.7. The first-order valence-corrected chi connectivity index (χ1v) is 2.12. The Morgan fingerprint density at radius 3 is 1.50 bits per heavy atom. The van der Waals surface area contributed by atoms with E-state index in [-0.39, 0.29) is 17.4 Å². The van der Waals surface area contributed by atoms with Crippen molar-refractivity contribution >= 4 is 0 Å². The van der Waals surface area contributed by atoms with Gasteiger partial charge in [0.25, 0.3) is 0 Å². The molecule has 0 fully saturated rings. The van der Waals surface area contributed by atoms with E-state index in [2.05, 4.69) is 19.2 Å². The monoisotopic (exact) mass is 125 g/mol. The number of nitrogens with one attached hydrogen (secondary N) is 1. The van der Waals surface area contributed by atoms with Crippen molar-refractivity contribution < 1.29 is 17.4 Å². The molecule has 0 atom stereocenters. The molecule has 0 aromatic rings. The van der Waals surface area contributed by atoms with Gasteiger partial charge in [-0.05, 0) is 13.1 Å². The molecule has 0 aliphatic heterocycles. The normalized spacial score (nSPS) is 7.00. The second-order valence-corrected chi connectivity index (χ2v) is 0.957. The van der Waals surface area contributed by atoms with Crippen LogP contribution in [0, 0.1) is 0 Å². The number of hydrogen-bond acceptors (Lipinski definition) is 1. The van der Waals surface area contributed by atoms with Crippen molar-refractivity contribution in [2.45, 2.75) is 13.8 Å². The Bertz CT molecular complexity index is 15.0. The van der Waals surface area contributed by atoms with Gasteiger partial charge in [0, 0.05) is 17.4 Å². The standard InChI is InChI=1S/C4H11N.Cr/c1-3-5-4-2;/h5H,3-4H2,1-2H3;. The Hall–Kier alpha value is 0.492. The van der Waals surface area contributed by atoms with Crippen molar-refractivity contribution in [1.29, 1.82) is 0 Å². The fraction of sp³-hybridized carbons (Fsp3) is 1.00. The van der Waals surface area contributed by atoms with Crippen LogP contribution in [-0.2, 0) is 17.4 Å². The molecule has 6 heavy (non-hydrogen) atoms. The van der Waals surface area contributed by atoms with E-state index in [1.54, 1.807) is 0 Å². The van der Waals surface area contributed by atoms with Crippen molar-refractivity contribution in [3.63, 3.8) is 0 Å². The average Bonchev–Trinajstić information content (AvgIpc) is 1.41. The Morgan fingerprint density at radius 1 is 1.17 bits per heavy atom. The van der Waals surface area contributed by atoms with E-state index in [1.807, 2.05) is 0 Å². The van der Waals surface area contributed by atoms with Gasteiger partial charge in [0.05, 0.1) is 0 Å². The fourth-order valence-corrected chi connectivity index (χ4v) is 0.250. The summed E-state index contributed by atoms with van der Waals surface area (Å²) in [4.78, 5) is 0. The molecule has 0 aliphatic rings. The molecule has 0 aromatic heterocycles. The Labute approximate surface area is 50.3 Å².